The molecule has 23 heavy (non-hydrogen) atoms. The van der Waals surface area contributed by atoms with Crippen LogP contribution in [-0.2, 0) is 4.74 Å². The van der Waals surface area contributed by atoms with Crippen molar-refractivity contribution in [1.82, 2.24) is 9.66 Å². The van der Waals surface area contributed by atoms with Crippen molar-refractivity contribution >= 4 is 18.2 Å². The molecule has 2 aromatic rings. The maximum Gasteiger partial charge on any atom is 0.337 e. The molecule has 0 aliphatic rings. The average Bonchev–Trinajstić information content (AvgIpc) is 2.84. The van der Waals surface area contributed by atoms with Gasteiger partial charge < -0.3 is 15.1 Å². The number of methoxy groups -OCH3 is 1. The molecule has 5 nitrogen and oxygen atoms in total. The van der Waals surface area contributed by atoms with Crippen molar-refractivity contribution in [3.05, 3.63) is 40.3 Å². The summed E-state index contributed by atoms with van der Waals surface area (Å²) < 4.78 is 7.30. The number of carbonyl (C=O) groups is 1. The summed E-state index contributed by atoms with van der Waals surface area (Å²) in [6.45, 7) is 5.00. The molecule has 1 aromatic carbocycles. The van der Waals surface area contributed by atoms with Crippen LogP contribution in [0.15, 0.2) is 24.3 Å². The molecule has 124 valence electrons. The molecule has 2 rings (SSSR count). The van der Waals surface area contributed by atoms with Crippen LogP contribution in [0.2, 0.25) is 0 Å². The molecular formula is C17H23N3O2S. The minimum absolute atomic E-state index is 0.346. The van der Waals surface area contributed by atoms with Gasteiger partial charge in [0.15, 0.2) is 4.77 Å². The van der Waals surface area contributed by atoms with Crippen LogP contribution in [0.1, 0.15) is 42.2 Å². The lowest BCUT2D eigenvalue weighted by molar-refractivity contribution is 0.0601. The third-order valence-electron chi connectivity index (χ3n) is 3.68. The predicted octanol–water partition coefficient (Wildman–Crippen LogP) is 4.04. The lowest BCUT2D eigenvalue weighted by atomic mass is 10.1. The van der Waals surface area contributed by atoms with Crippen molar-refractivity contribution in [2.75, 3.05) is 19.1 Å². The Morgan fingerprint density at radius 3 is 2.87 bits per heavy atom. The molecule has 0 amide bonds. The molecule has 0 saturated heterocycles. The Balaban J connectivity index is 2.35. The van der Waals surface area contributed by atoms with Gasteiger partial charge in [-0.3, -0.25) is 0 Å². The van der Waals surface area contributed by atoms with Crippen LogP contribution in [0.25, 0.3) is 11.3 Å². The van der Waals surface area contributed by atoms with E-state index < -0.39 is 0 Å². The maximum absolute atomic E-state index is 11.7. The van der Waals surface area contributed by atoms with Crippen LogP contribution in [0, 0.1) is 11.7 Å². The van der Waals surface area contributed by atoms with Gasteiger partial charge in [0.2, 0.25) is 0 Å². The monoisotopic (exact) mass is 333 g/mol. The summed E-state index contributed by atoms with van der Waals surface area (Å²) in [5.41, 5.74) is 6.70. The van der Waals surface area contributed by atoms with Gasteiger partial charge in [-0.1, -0.05) is 31.9 Å². The highest BCUT2D eigenvalue weighted by Gasteiger charge is 2.13. The first-order valence-corrected chi connectivity index (χ1v) is 8.23. The van der Waals surface area contributed by atoms with Crippen LogP contribution < -0.4 is 5.43 Å². The lowest BCUT2D eigenvalue weighted by Crippen LogP contribution is -2.17. The summed E-state index contributed by atoms with van der Waals surface area (Å²) >= 11 is 5.40. The summed E-state index contributed by atoms with van der Waals surface area (Å²) in [6, 6.07) is 7.37. The van der Waals surface area contributed by atoms with Crippen molar-refractivity contribution in [2.24, 2.45) is 0 Å². The molecule has 1 heterocycles. The van der Waals surface area contributed by atoms with Gasteiger partial charge in [-0.15, -0.1) is 0 Å². The van der Waals surface area contributed by atoms with Crippen LogP contribution in [0.5, 0.6) is 0 Å². The number of hydrogen-bond donors (Lipinski definition) is 2. The van der Waals surface area contributed by atoms with E-state index in [2.05, 4.69) is 17.3 Å². The zero-order valence-electron chi connectivity index (χ0n) is 13.8. The maximum atomic E-state index is 11.7. The number of hydrogen-bond acceptors (Lipinski definition) is 4. The summed E-state index contributed by atoms with van der Waals surface area (Å²) in [4.78, 5) is 14.9. The van der Waals surface area contributed by atoms with Gasteiger partial charge in [0.25, 0.3) is 0 Å². The molecule has 0 saturated carbocycles. The minimum atomic E-state index is -0.346. The first-order valence-electron chi connectivity index (χ1n) is 7.82. The van der Waals surface area contributed by atoms with Crippen LogP contribution in [0.4, 0.5) is 0 Å². The second kappa shape index (κ2) is 7.97. The number of carbonyl (C=O) groups excluding carboxylic acids is 1. The summed E-state index contributed by atoms with van der Waals surface area (Å²) in [6.07, 6.45) is 3.44. The average molecular weight is 333 g/mol. The SMILES string of the molecule is CCCCCNn1c(-c2cccc(C(=O)OC)c2)c(C)[nH]c1=S. The van der Waals surface area contributed by atoms with Gasteiger partial charge >= 0.3 is 5.97 Å². The van der Waals surface area contributed by atoms with E-state index in [4.69, 9.17) is 17.0 Å². The van der Waals surface area contributed by atoms with Gasteiger partial charge in [-0.05, 0) is 37.7 Å². The van der Waals surface area contributed by atoms with Crippen molar-refractivity contribution in [1.29, 1.82) is 0 Å². The van der Waals surface area contributed by atoms with E-state index in [1.54, 1.807) is 6.07 Å². The molecule has 6 heteroatoms. The number of aryl methyl sites for hydroxylation is 1. The number of rotatable bonds is 7. The molecule has 0 spiro atoms. The van der Waals surface area contributed by atoms with E-state index in [0.29, 0.717) is 10.3 Å². The second-order valence-electron chi connectivity index (χ2n) is 5.43. The number of esters is 1. The van der Waals surface area contributed by atoms with Crippen molar-refractivity contribution in [2.45, 2.75) is 33.1 Å². The Morgan fingerprint density at radius 2 is 2.17 bits per heavy atom. The Bertz CT molecular complexity index is 734. The molecule has 0 aliphatic carbocycles. The topological polar surface area (TPSA) is 59.1 Å². The molecule has 1 aromatic heterocycles. The van der Waals surface area contributed by atoms with E-state index in [-0.39, 0.29) is 5.97 Å². The van der Waals surface area contributed by atoms with Gasteiger partial charge in [-0.2, -0.15) is 0 Å². The van der Waals surface area contributed by atoms with E-state index >= 15 is 0 Å². The molecule has 0 fully saturated rings. The fourth-order valence-electron chi connectivity index (χ4n) is 2.52. The van der Waals surface area contributed by atoms with E-state index in [0.717, 1.165) is 29.9 Å². The highest BCUT2D eigenvalue weighted by Crippen LogP contribution is 2.24. The Morgan fingerprint density at radius 1 is 1.39 bits per heavy atom. The highest BCUT2D eigenvalue weighted by molar-refractivity contribution is 7.71. The normalized spacial score (nSPS) is 10.6. The molecule has 0 radical (unpaired) electrons. The fraction of sp³-hybridized carbons (Fsp3) is 0.412. The van der Waals surface area contributed by atoms with Gasteiger partial charge in [0.1, 0.15) is 0 Å². The number of imidazole rings is 1. The number of H-pyrrole nitrogens is 1. The standard InChI is InChI=1S/C17H23N3O2S/c1-4-5-6-10-18-20-15(12(2)19-17(20)23)13-8-7-9-14(11-13)16(21)22-3/h7-9,11,18H,4-6,10H2,1-3H3,(H,19,23). The zero-order valence-corrected chi connectivity index (χ0v) is 14.6. The van der Waals surface area contributed by atoms with Crippen molar-refractivity contribution in [3.8, 4) is 11.3 Å². The summed E-state index contributed by atoms with van der Waals surface area (Å²) in [5, 5.41) is 0. The Hall–Kier alpha value is -2.08. The lowest BCUT2D eigenvalue weighted by Gasteiger charge is -2.12. The number of aromatic nitrogens is 2. The van der Waals surface area contributed by atoms with Crippen LogP contribution in [-0.4, -0.2) is 29.3 Å². The first-order chi connectivity index (χ1) is 11.1. The van der Waals surface area contributed by atoms with Crippen molar-refractivity contribution < 1.29 is 9.53 Å². The molecule has 2 N–H and O–H groups in total. The second-order valence-corrected chi connectivity index (χ2v) is 5.81. The smallest absolute Gasteiger partial charge is 0.337 e. The first kappa shape index (κ1) is 17.3. The van der Waals surface area contributed by atoms with Crippen molar-refractivity contribution in [3.63, 3.8) is 0 Å². The molecule has 0 atom stereocenters. The Labute approximate surface area is 141 Å². The number of nitrogens with one attached hydrogen (secondary N) is 2. The largest absolute Gasteiger partial charge is 0.465 e. The number of nitrogens with zero attached hydrogens (tertiary/aromatic N) is 1. The minimum Gasteiger partial charge on any atom is -0.465 e. The van der Waals surface area contributed by atoms with Gasteiger partial charge in [-0.25, -0.2) is 9.47 Å². The number of unbranched alkanes of at least 4 members (excludes halogenated alkanes) is 2. The highest BCUT2D eigenvalue weighted by atomic mass is 32.1. The zero-order chi connectivity index (χ0) is 16.8. The van der Waals surface area contributed by atoms with Gasteiger partial charge in [0.05, 0.1) is 18.4 Å². The van der Waals surface area contributed by atoms with E-state index in [1.807, 2.05) is 29.8 Å². The molecule has 0 unspecified atom stereocenters. The predicted molar refractivity (Wildman–Crippen MR) is 94.9 cm³/mol. The number of aromatic amines is 1. The van der Waals surface area contributed by atoms with Gasteiger partial charge in [0, 0.05) is 17.8 Å². The third-order valence-corrected chi connectivity index (χ3v) is 3.97. The third kappa shape index (κ3) is 4.01. The molecule has 0 bridgehead atoms. The summed E-state index contributed by atoms with van der Waals surface area (Å²) in [7, 11) is 1.38. The number of ether oxygens (including phenoxy) is 1. The van der Waals surface area contributed by atoms with Crippen LogP contribution in [0.3, 0.4) is 0 Å². The quantitative estimate of drug-likeness (QED) is 0.456. The fourth-order valence-corrected chi connectivity index (χ4v) is 2.83. The number of benzene rings is 1. The van der Waals surface area contributed by atoms with E-state index in [1.165, 1.54) is 20.0 Å². The summed E-state index contributed by atoms with van der Waals surface area (Å²) in [5.74, 6) is -0.346. The van der Waals surface area contributed by atoms with Crippen LogP contribution >= 0.6 is 12.2 Å². The molecular weight excluding hydrogens is 310 g/mol. The van der Waals surface area contributed by atoms with E-state index in [9.17, 15) is 4.79 Å². The Kier molecular flexibility index (Phi) is 5.98. The molecule has 0 aliphatic heterocycles.